The molecule has 1 saturated heterocycles. The van der Waals surface area contributed by atoms with E-state index >= 15 is 0 Å². The van der Waals surface area contributed by atoms with Crippen LogP contribution in [0.4, 0.5) is 4.39 Å². The minimum atomic E-state index is -0.635. The third-order valence-electron chi connectivity index (χ3n) is 8.26. The average Bonchev–Trinajstić information content (AvgIpc) is 3.37. The molecule has 3 amide bonds. The van der Waals surface area contributed by atoms with Crippen LogP contribution in [0.25, 0.3) is 0 Å². The quantitative estimate of drug-likeness (QED) is 0.348. The summed E-state index contributed by atoms with van der Waals surface area (Å²) >= 11 is 0. The zero-order valence-electron chi connectivity index (χ0n) is 26.4. The highest BCUT2D eigenvalue weighted by atomic mass is 19.1. The Hall–Kier alpha value is -5.39. The Bertz CT molecular complexity index is 1820. The third kappa shape index (κ3) is 7.37. The van der Waals surface area contributed by atoms with Gasteiger partial charge in [0.1, 0.15) is 17.7 Å². The van der Waals surface area contributed by atoms with Crippen molar-refractivity contribution in [1.82, 2.24) is 25.3 Å². The number of hydrogen-bond donors (Lipinski definition) is 2. The number of carbonyl (C=O) groups excluding carboxylic acids is 3. The van der Waals surface area contributed by atoms with Crippen LogP contribution >= 0.6 is 0 Å². The van der Waals surface area contributed by atoms with Crippen LogP contribution in [0.5, 0.6) is 17.2 Å². The molecule has 244 valence electrons. The standard InChI is InChI=1S/C35H36FN5O6/c1-21-11-22(2)41(39-21)18-23-5-4-6-26(12-23)35(44)40-10-9-30-29(19-40)38-34(43)25-7-8-31(45-3)32(15-25)46-20-33(42)37-17-24-13-27(36)16-28(14-24)47-30/h4-8,11-16,29-30H,9-10,17-20H2,1-3H3,(H,37,42)(H,38,43)/t29-,30+/m0/s1. The molecule has 2 N–H and O–H groups in total. The van der Waals surface area contributed by atoms with Gasteiger partial charge in [-0.3, -0.25) is 19.1 Å². The molecule has 3 aromatic carbocycles. The molecule has 0 spiro atoms. The SMILES string of the molecule is COc1ccc2cc1OCC(=O)NCc1cc(F)cc(c1)O[C@@H]1CCN(C(=O)c3cccc(Cn4nc(C)cc4C)c3)C[C@@H]1NC2=O. The maximum atomic E-state index is 14.6. The number of aryl methyl sites for hydroxylation is 2. The first-order valence-electron chi connectivity index (χ1n) is 15.4. The molecule has 11 nitrogen and oxygen atoms in total. The summed E-state index contributed by atoms with van der Waals surface area (Å²) in [5.74, 6) is -0.764. The van der Waals surface area contributed by atoms with Crippen LogP contribution in [0.3, 0.4) is 0 Å². The van der Waals surface area contributed by atoms with Gasteiger partial charge >= 0.3 is 0 Å². The molecule has 12 heteroatoms. The van der Waals surface area contributed by atoms with Gasteiger partial charge in [-0.2, -0.15) is 5.10 Å². The average molecular weight is 642 g/mol. The van der Waals surface area contributed by atoms with Gasteiger partial charge in [-0.1, -0.05) is 12.1 Å². The minimum Gasteiger partial charge on any atom is -0.493 e. The molecule has 4 bridgehead atoms. The van der Waals surface area contributed by atoms with Crippen LogP contribution in [-0.2, 0) is 17.9 Å². The first-order valence-corrected chi connectivity index (χ1v) is 15.4. The summed E-state index contributed by atoms with van der Waals surface area (Å²) in [6, 6.07) is 17.7. The van der Waals surface area contributed by atoms with Gasteiger partial charge in [-0.15, -0.1) is 0 Å². The first kappa shape index (κ1) is 31.6. The van der Waals surface area contributed by atoms with E-state index in [1.165, 1.54) is 25.3 Å². The number of fused-ring (bicyclic) bond motifs is 5. The number of aromatic nitrogens is 2. The van der Waals surface area contributed by atoms with Crippen molar-refractivity contribution in [2.24, 2.45) is 0 Å². The topological polar surface area (TPSA) is 124 Å². The molecule has 0 radical (unpaired) electrons. The van der Waals surface area contributed by atoms with Crippen molar-refractivity contribution >= 4 is 17.7 Å². The lowest BCUT2D eigenvalue weighted by Crippen LogP contribution is -2.58. The van der Waals surface area contributed by atoms with Crippen molar-refractivity contribution in [3.8, 4) is 17.2 Å². The second-order valence-corrected chi connectivity index (χ2v) is 11.8. The molecule has 4 aromatic rings. The molecule has 2 atom stereocenters. The monoisotopic (exact) mass is 641 g/mol. The van der Waals surface area contributed by atoms with Gasteiger partial charge in [0, 0.05) is 48.9 Å². The number of likely N-dealkylation sites (tertiary alicyclic amines) is 1. The van der Waals surface area contributed by atoms with E-state index in [2.05, 4.69) is 15.7 Å². The molecule has 2 aliphatic rings. The van der Waals surface area contributed by atoms with Crippen LogP contribution < -0.4 is 24.8 Å². The molecule has 47 heavy (non-hydrogen) atoms. The molecule has 0 saturated carbocycles. The fourth-order valence-electron chi connectivity index (χ4n) is 5.93. The molecule has 1 aromatic heterocycles. The number of amides is 3. The summed E-state index contributed by atoms with van der Waals surface area (Å²) < 4.78 is 33.9. The van der Waals surface area contributed by atoms with Gasteiger partial charge in [0.2, 0.25) is 0 Å². The molecule has 6 rings (SSSR count). The first-order chi connectivity index (χ1) is 22.6. The van der Waals surface area contributed by atoms with Gasteiger partial charge in [0.15, 0.2) is 18.1 Å². The number of benzene rings is 3. The lowest BCUT2D eigenvalue weighted by Gasteiger charge is -2.39. The minimum absolute atomic E-state index is 0.0548. The van der Waals surface area contributed by atoms with Gasteiger partial charge in [0.05, 0.1) is 25.4 Å². The highest BCUT2D eigenvalue weighted by Crippen LogP contribution is 2.29. The second kappa shape index (κ2) is 13.5. The van der Waals surface area contributed by atoms with Crippen molar-refractivity contribution in [1.29, 1.82) is 0 Å². The molecule has 0 aliphatic carbocycles. The number of carbonyl (C=O) groups is 3. The van der Waals surface area contributed by atoms with Crippen molar-refractivity contribution in [3.63, 3.8) is 0 Å². The Balaban J connectivity index is 1.27. The van der Waals surface area contributed by atoms with Gasteiger partial charge < -0.3 is 29.7 Å². The lowest BCUT2D eigenvalue weighted by atomic mass is 9.99. The maximum Gasteiger partial charge on any atom is 0.258 e. The van der Waals surface area contributed by atoms with Crippen molar-refractivity contribution in [2.75, 3.05) is 26.8 Å². The van der Waals surface area contributed by atoms with E-state index in [0.29, 0.717) is 36.4 Å². The number of ether oxygens (including phenoxy) is 3. The third-order valence-corrected chi connectivity index (χ3v) is 8.26. The van der Waals surface area contributed by atoms with E-state index in [4.69, 9.17) is 14.2 Å². The fourth-order valence-corrected chi connectivity index (χ4v) is 5.93. The van der Waals surface area contributed by atoms with E-state index in [-0.39, 0.29) is 42.7 Å². The van der Waals surface area contributed by atoms with Crippen molar-refractivity contribution < 1.29 is 33.0 Å². The van der Waals surface area contributed by atoms with E-state index in [9.17, 15) is 18.8 Å². The Labute approximate surface area is 271 Å². The van der Waals surface area contributed by atoms with Gasteiger partial charge in [-0.25, -0.2) is 4.39 Å². The molecular formula is C35H36FN5O6. The second-order valence-electron chi connectivity index (χ2n) is 11.8. The fraction of sp³-hybridized carbons (Fsp3) is 0.314. The number of halogens is 1. The smallest absolute Gasteiger partial charge is 0.258 e. The highest BCUT2D eigenvalue weighted by molar-refractivity contribution is 5.96. The van der Waals surface area contributed by atoms with Gasteiger partial charge in [-0.05, 0) is 73.5 Å². The number of nitrogens with one attached hydrogen (secondary N) is 2. The summed E-state index contributed by atoms with van der Waals surface area (Å²) in [6.45, 7) is 4.70. The lowest BCUT2D eigenvalue weighted by molar-refractivity contribution is -0.123. The summed E-state index contributed by atoms with van der Waals surface area (Å²) in [4.78, 5) is 41.6. The van der Waals surface area contributed by atoms with Crippen LogP contribution in [0.15, 0.2) is 66.7 Å². The van der Waals surface area contributed by atoms with Gasteiger partial charge in [0.25, 0.3) is 17.7 Å². The van der Waals surface area contributed by atoms with Crippen LogP contribution in [0.2, 0.25) is 0 Å². The molecule has 3 heterocycles. The molecule has 2 aliphatic heterocycles. The Morgan fingerprint density at radius 2 is 1.94 bits per heavy atom. The summed E-state index contributed by atoms with van der Waals surface area (Å²) in [6.07, 6.45) is -0.201. The van der Waals surface area contributed by atoms with Crippen LogP contribution in [0.1, 0.15) is 49.7 Å². The number of methoxy groups -OCH3 is 1. The highest BCUT2D eigenvalue weighted by Gasteiger charge is 2.35. The number of hydrogen-bond acceptors (Lipinski definition) is 7. The predicted octanol–water partition coefficient (Wildman–Crippen LogP) is 3.80. The van der Waals surface area contributed by atoms with Crippen LogP contribution in [0, 0.1) is 19.7 Å². The zero-order chi connectivity index (χ0) is 33.1. The number of rotatable bonds is 4. The summed E-state index contributed by atoms with van der Waals surface area (Å²) in [5, 5.41) is 10.3. The number of piperidine rings is 1. The summed E-state index contributed by atoms with van der Waals surface area (Å²) in [7, 11) is 1.46. The van der Waals surface area contributed by atoms with E-state index in [1.54, 1.807) is 29.2 Å². The zero-order valence-corrected chi connectivity index (χ0v) is 26.4. The van der Waals surface area contributed by atoms with Crippen LogP contribution in [-0.4, -0.2) is 71.4 Å². The predicted molar refractivity (Wildman–Crippen MR) is 170 cm³/mol. The van der Waals surface area contributed by atoms with Crippen molar-refractivity contribution in [3.05, 3.63) is 106 Å². The van der Waals surface area contributed by atoms with Crippen molar-refractivity contribution in [2.45, 2.75) is 45.5 Å². The Kier molecular flexibility index (Phi) is 9.10. The largest absolute Gasteiger partial charge is 0.493 e. The van der Waals surface area contributed by atoms with E-state index in [0.717, 1.165) is 17.0 Å². The maximum absolute atomic E-state index is 14.6. The van der Waals surface area contributed by atoms with E-state index < -0.39 is 29.8 Å². The summed E-state index contributed by atoms with van der Waals surface area (Å²) in [5.41, 5.74) is 4.18. The molecule has 0 unspecified atom stereocenters. The molecular weight excluding hydrogens is 605 g/mol. The van der Waals surface area contributed by atoms with E-state index in [1.807, 2.05) is 42.8 Å². The normalized spacial score (nSPS) is 18.3. The Morgan fingerprint density at radius 1 is 1.09 bits per heavy atom. The Morgan fingerprint density at radius 3 is 2.72 bits per heavy atom. The molecule has 1 fully saturated rings. The number of nitrogens with zero attached hydrogens (tertiary/aromatic N) is 3.